The van der Waals surface area contributed by atoms with Crippen LogP contribution in [0.3, 0.4) is 0 Å². The summed E-state index contributed by atoms with van der Waals surface area (Å²) in [5.74, 6) is -0.333. The fourth-order valence-electron chi connectivity index (χ4n) is 1.69. The molecule has 94 valence electrons. The van der Waals surface area contributed by atoms with Crippen LogP contribution in [0.5, 0.6) is 0 Å². The van der Waals surface area contributed by atoms with Crippen LogP contribution in [0.15, 0.2) is 33.7 Å². The van der Waals surface area contributed by atoms with E-state index in [0.29, 0.717) is 11.9 Å². The third kappa shape index (κ3) is 2.46. The smallest absolute Gasteiger partial charge is 0.256 e. The van der Waals surface area contributed by atoms with Crippen molar-refractivity contribution < 1.29 is 4.79 Å². The van der Waals surface area contributed by atoms with Gasteiger partial charge in [0.2, 0.25) is 5.43 Å². The van der Waals surface area contributed by atoms with Crippen molar-refractivity contribution in [1.29, 1.82) is 0 Å². The summed E-state index contributed by atoms with van der Waals surface area (Å²) in [5, 5.41) is 3.21. The fourth-order valence-corrected chi connectivity index (χ4v) is 2.05. The standard InChI is InChI=1S/C13H13BrN2O2/c1-2-5-15-13(18)10-7-16-11-4-3-8(14)6-9(11)12(10)17/h3-4,6-7H,2,5H2,1H3,(H,15,18)(H,16,17). The number of carbonyl (C=O) groups is 1. The second-order valence-corrected chi connectivity index (χ2v) is 4.89. The van der Waals surface area contributed by atoms with Crippen LogP contribution in [0.4, 0.5) is 0 Å². The van der Waals surface area contributed by atoms with Gasteiger partial charge in [-0.2, -0.15) is 0 Å². The molecule has 1 aromatic heterocycles. The Morgan fingerprint density at radius 2 is 2.22 bits per heavy atom. The number of nitrogens with one attached hydrogen (secondary N) is 2. The molecule has 0 radical (unpaired) electrons. The molecule has 0 fully saturated rings. The number of aromatic amines is 1. The Kier molecular flexibility index (Phi) is 3.81. The van der Waals surface area contributed by atoms with Crippen molar-refractivity contribution in [2.24, 2.45) is 0 Å². The van der Waals surface area contributed by atoms with Crippen LogP contribution in [-0.4, -0.2) is 17.4 Å². The third-order valence-electron chi connectivity index (χ3n) is 2.62. The van der Waals surface area contributed by atoms with Crippen LogP contribution in [-0.2, 0) is 0 Å². The van der Waals surface area contributed by atoms with Crippen molar-refractivity contribution in [2.45, 2.75) is 13.3 Å². The van der Waals surface area contributed by atoms with Crippen molar-refractivity contribution in [1.82, 2.24) is 10.3 Å². The number of rotatable bonds is 3. The minimum Gasteiger partial charge on any atom is -0.360 e. The van der Waals surface area contributed by atoms with E-state index in [9.17, 15) is 9.59 Å². The van der Waals surface area contributed by atoms with E-state index >= 15 is 0 Å². The second-order valence-electron chi connectivity index (χ2n) is 3.98. The van der Waals surface area contributed by atoms with E-state index in [1.54, 1.807) is 12.1 Å². The molecule has 1 amide bonds. The third-order valence-corrected chi connectivity index (χ3v) is 3.12. The zero-order valence-electron chi connectivity index (χ0n) is 9.92. The maximum absolute atomic E-state index is 12.2. The molecule has 0 saturated heterocycles. The fraction of sp³-hybridized carbons (Fsp3) is 0.231. The quantitative estimate of drug-likeness (QED) is 0.915. The molecule has 0 aliphatic carbocycles. The van der Waals surface area contributed by atoms with Gasteiger partial charge in [0.15, 0.2) is 0 Å². The maximum Gasteiger partial charge on any atom is 0.256 e. The number of H-pyrrole nitrogens is 1. The van der Waals surface area contributed by atoms with E-state index in [0.717, 1.165) is 16.4 Å². The highest BCUT2D eigenvalue weighted by Gasteiger charge is 2.12. The molecule has 0 aliphatic rings. The normalized spacial score (nSPS) is 10.6. The van der Waals surface area contributed by atoms with Crippen molar-refractivity contribution >= 4 is 32.7 Å². The Labute approximate surface area is 113 Å². The lowest BCUT2D eigenvalue weighted by molar-refractivity contribution is 0.0952. The average Bonchev–Trinajstić information content (AvgIpc) is 2.37. The Bertz CT molecular complexity index is 649. The molecule has 5 heteroatoms. The average molecular weight is 309 g/mol. The number of hydrogen-bond acceptors (Lipinski definition) is 2. The van der Waals surface area contributed by atoms with Gasteiger partial charge in [0.05, 0.1) is 0 Å². The minimum atomic E-state index is -0.333. The highest BCUT2D eigenvalue weighted by Crippen LogP contribution is 2.15. The van der Waals surface area contributed by atoms with Gasteiger partial charge in [-0.25, -0.2) is 0 Å². The number of hydrogen-bond donors (Lipinski definition) is 2. The number of fused-ring (bicyclic) bond motifs is 1. The van der Waals surface area contributed by atoms with Gasteiger partial charge in [-0.15, -0.1) is 0 Å². The molecule has 0 bridgehead atoms. The summed E-state index contributed by atoms with van der Waals surface area (Å²) in [6, 6.07) is 5.36. The first-order valence-electron chi connectivity index (χ1n) is 5.72. The van der Waals surface area contributed by atoms with Gasteiger partial charge >= 0.3 is 0 Å². The van der Waals surface area contributed by atoms with Gasteiger partial charge in [0.1, 0.15) is 5.56 Å². The van der Waals surface area contributed by atoms with Gasteiger partial charge in [-0.3, -0.25) is 9.59 Å². The predicted molar refractivity (Wildman–Crippen MR) is 74.9 cm³/mol. The van der Waals surface area contributed by atoms with E-state index < -0.39 is 0 Å². The topological polar surface area (TPSA) is 62.0 Å². The van der Waals surface area contributed by atoms with Crippen molar-refractivity contribution in [3.63, 3.8) is 0 Å². The van der Waals surface area contributed by atoms with Crippen LogP contribution in [0, 0.1) is 0 Å². The Morgan fingerprint density at radius 3 is 2.94 bits per heavy atom. The van der Waals surface area contributed by atoms with Crippen molar-refractivity contribution in [3.8, 4) is 0 Å². The Morgan fingerprint density at radius 1 is 1.44 bits per heavy atom. The molecule has 0 aliphatic heterocycles. The van der Waals surface area contributed by atoms with Gasteiger partial charge in [-0.1, -0.05) is 22.9 Å². The summed E-state index contributed by atoms with van der Waals surface area (Å²) in [6.07, 6.45) is 2.30. The Hall–Kier alpha value is -1.62. The minimum absolute atomic E-state index is 0.147. The Balaban J connectivity index is 2.50. The number of amides is 1. The number of carbonyl (C=O) groups excluding carboxylic acids is 1. The molecule has 2 rings (SSSR count). The van der Waals surface area contributed by atoms with E-state index in [1.807, 2.05) is 13.0 Å². The summed E-state index contributed by atoms with van der Waals surface area (Å²) in [6.45, 7) is 2.52. The molecule has 0 spiro atoms. The number of aromatic nitrogens is 1. The molecular formula is C13H13BrN2O2. The van der Waals surface area contributed by atoms with Crippen LogP contribution in [0.25, 0.3) is 10.9 Å². The van der Waals surface area contributed by atoms with Crippen LogP contribution < -0.4 is 10.7 Å². The lowest BCUT2D eigenvalue weighted by atomic mass is 10.1. The highest BCUT2D eigenvalue weighted by molar-refractivity contribution is 9.10. The van der Waals surface area contributed by atoms with Crippen LogP contribution in [0.2, 0.25) is 0 Å². The molecule has 1 aromatic carbocycles. The van der Waals surface area contributed by atoms with E-state index in [1.165, 1.54) is 6.20 Å². The van der Waals surface area contributed by atoms with Gasteiger partial charge in [0.25, 0.3) is 5.91 Å². The van der Waals surface area contributed by atoms with Gasteiger partial charge in [-0.05, 0) is 24.6 Å². The van der Waals surface area contributed by atoms with E-state index in [2.05, 4.69) is 26.2 Å². The SMILES string of the molecule is CCCNC(=O)c1c[nH]c2ccc(Br)cc2c1=O. The van der Waals surface area contributed by atoms with Crippen molar-refractivity contribution in [3.05, 3.63) is 44.7 Å². The van der Waals surface area contributed by atoms with E-state index in [4.69, 9.17) is 0 Å². The number of pyridine rings is 1. The maximum atomic E-state index is 12.2. The molecule has 18 heavy (non-hydrogen) atoms. The predicted octanol–water partition coefficient (Wildman–Crippen LogP) is 2.43. The highest BCUT2D eigenvalue weighted by atomic mass is 79.9. The summed E-state index contributed by atoms with van der Waals surface area (Å²) >= 11 is 3.32. The summed E-state index contributed by atoms with van der Waals surface area (Å²) in [7, 11) is 0. The van der Waals surface area contributed by atoms with Gasteiger partial charge in [0, 0.05) is 28.1 Å². The largest absolute Gasteiger partial charge is 0.360 e. The summed E-state index contributed by atoms with van der Waals surface area (Å²) < 4.78 is 0.812. The zero-order chi connectivity index (χ0) is 13.1. The van der Waals surface area contributed by atoms with Gasteiger partial charge < -0.3 is 10.3 Å². The number of benzene rings is 1. The summed E-state index contributed by atoms with van der Waals surface area (Å²) in [4.78, 5) is 27.0. The molecule has 0 atom stereocenters. The number of halogens is 1. The molecule has 1 heterocycles. The monoisotopic (exact) mass is 308 g/mol. The molecule has 2 N–H and O–H groups in total. The molecule has 0 saturated carbocycles. The summed E-state index contributed by atoms with van der Waals surface area (Å²) in [5.41, 5.74) is 0.614. The van der Waals surface area contributed by atoms with Crippen LogP contribution >= 0.6 is 15.9 Å². The lowest BCUT2D eigenvalue weighted by Gasteiger charge is -2.04. The first-order valence-corrected chi connectivity index (χ1v) is 6.52. The first kappa shape index (κ1) is 12.8. The lowest BCUT2D eigenvalue weighted by Crippen LogP contribution is -2.29. The second kappa shape index (κ2) is 5.35. The molecular weight excluding hydrogens is 296 g/mol. The van der Waals surface area contributed by atoms with Crippen molar-refractivity contribution in [2.75, 3.05) is 6.54 Å². The first-order chi connectivity index (χ1) is 8.63. The molecule has 4 nitrogen and oxygen atoms in total. The van der Waals surface area contributed by atoms with Crippen LogP contribution in [0.1, 0.15) is 23.7 Å². The molecule has 2 aromatic rings. The molecule has 0 unspecified atom stereocenters. The van der Waals surface area contributed by atoms with E-state index in [-0.39, 0.29) is 16.9 Å². The zero-order valence-corrected chi connectivity index (χ0v) is 11.5.